The molecule has 0 aliphatic carbocycles. The Morgan fingerprint density at radius 1 is 1.33 bits per heavy atom. The molecule has 3 aliphatic rings. The van der Waals surface area contributed by atoms with Crippen LogP contribution in [0, 0.1) is 11.2 Å². The molecule has 1 amide bonds. The van der Waals surface area contributed by atoms with Gasteiger partial charge < -0.3 is 19.6 Å². The van der Waals surface area contributed by atoms with Crippen LogP contribution in [0.15, 0.2) is 28.4 Å². The predicted molar refractivity (Wildman–Crippen MR) is 123 cm³/mol. The number of amides is 1. The minimum Gasteiger partial charge on any atom is -0.480 e. The lowest BCUT2D eigenvalue weighted by Gasteiger charge is -2.35. The Morgan fingerprint density at radius 2 is 2.03 bits per heavy atom. The first-order valence-corrected chi connectivity index (χ1v) is 11.3. The van der Waals surface area contributed by atoms with E-state index in [4.69, 9.17) is 16.3 Å². The number of carboxylic acid groups (broad SMARTS) is 1. The van der Waals surface area contributed by atoms with E-state index in [9.17, 15) is 14.7 Å². The number of allylic oxidation sites excluding steroid dienone is 1. The third-order valence-corrected chi connectivity index (χ3v) is 6.33. The number of carbonyl (C=O) groups is 2. The number of aliphatic carboxylic acids is 1. The number of aliphatic imine (C=N–C) groups is 1. The van der Waals surface area contributed by atoms with Crippen molar-refractivity contribution in [2.75, 3.05) is 18.1 Å². The van der Waals surface area contributed by atoms with E-state index in [0.717, 1.165) is 12.8 Å². The second-order valence-corrected chi connectivity index (χ2v) is 10.1. The van der Waals surface area contributed by atoms with Crippen LogP contribution in [-0.4, -0.2) is 59.7 Å². The largest absolute Gasteiger partial charge is 0.480 e. The third-order valence-electron chi connectivity index (χ3n) is 6.14. The zero-order valence-corrected chi connectivity index (χ0v) is 19.6. The van der Waals surface area contributed by atoms with Gasteiger partial charge in [0.1, 0.15) is 11.9 Å². The fraction of sp³-hybridized carbons (Fsp3) is 0.522. The normalized spacial score (nSPS) is 22.4. The Labute approximate surface area is 197 Å². The number of carboxylic acids is 1. The Morgan fingerprint density at radius 3 is 2.67 bits per heavy atom. The maximum absolute atomic E-state index is 15.2. The highest BCUT2D eigenvalue weighted by Gasteiger charge is 2.44. The van der Waals surface area contributed by atoms with Crippen LogP contribution in [0.5, 0.6) is 0 Å². The van der Waals surface area contributed by atoms with Crippen molar-refractivity contribution in [1.82, 2.24) is 10.2 Å². The maximum Gasteiger partial charge on any atom is 0.326 e. The molecule has 2 N–H and O–H groups in total. The van der Waals surface area contributed by atoms with Crippen LogP contribution in [0.1, 0.15) is 49.5 Å². The Balaban J connectivity index is 1.65. The summed E-state index contributed by atoms with van der Waals surface area (Å²) >= 11 is 6.19. The number of hydrogen-bond acceptors (Lipinski definition) is 6. The molecule has 3 heterocycles. The van der Waals surface area contributed by atoms with Crippen LogP contribution in [0.3, 0.4) is 0 Å². The number of anilines is 1. The van der Waals surface area contributed by atoms with Gasteiger partial charge in [-0.1, -0.05) is 32.4 Å². The van der Waals surface area contributed by atoms with Gasteiger partial charge in [-0.15, -0.1) is 0 Å². The summed E-state index contributed by atoms with van der Waals surface area (Å²) in [5.74, 6) is -2.19. The van der Waals surface area contributed by atoms with Gasteiger partial charge in [0, 0.05) is 48.5 Å². The van der Waals surface area contributed by atoms with Crippen molar-refractivity contribution < 1.29 is 23.8 Å². The molecule has 0 bridgehead atoms. The minimum absolute atomic E-state index is 0.0903. The highest BCUT2D eigenvalue weighted by molar-refractivity contribution is 6.39. The molecular formula is C23H28ClFN4O4. The van der Waals surface area contributed by atoms with E-state index in [1.807, 2.05) is 0 Å². The van der Waals surface area contributed by atoms with Crippen LogP contribution in [-0.2, 0) is 16.1 Å². The maximum atomic E-state index is 15.2. The van der Waals surface area contributed by atoms with Gasteiger partial charge in [0.2, 0.25) is 0 Å². The van der Waals surface area contributed by atoms with E-state index >= 15 is 4.39 Å². The van der Waals surface area contributed by atoms with Gasteiger partial charge in [-0.2, -0.15) is 0 Å². The lowest BCUT2D eigenvalue weighted by molar-refractivity contribution is -0.146. The number of rotatable bonds is 5. The molecule has 1 aromatic carbocycles. The summed E-state index contributed by atoms with van der Waals surface area (Å²) in [6, 6.07) is 2.01. The highest BCUT2D eigenvalue weighted by atomic mass is 35.5. The topological polar surface area (TPSA) is 94.5 Å². The summed E-state index contributed by atoms with van der Waals surface area (Å²) in [5.41, 5.74) is 0.0381. The van der Waals surface area contributed by atoms with Crippen LogP contribution in [0.4, 0.5) is 10.1 Å². The third kappa shape index (κ3) is 4.76. The van der Waals surface area contributed by atoms with Crippen molar-refractivity contribution in [1.29, 1.82) is 0 Å². The molecule has 33 heavy (non-hydrogen) atoms. The lowest BCUT2D eigenvalue weighted by atomic mass is 9.85. The molecule has 0 spiro atoms. The van der Waals surface area contributed by atoms with E-state index < -0.39 is 35.4 Å². The zero-order chi connectivity index (χ0) is 23.9. The van der Waals surface area contributed by atoms with Crippen LogP contribution >= 0.6 is 11.6 Å². The highest BCUT2D eigenvalue weighted by Crippen LogP contribution is 2.36. The quantitative estimate of drug-likeness (QED) is 0.674. The van der Waals surface area contributed by atoms with Crippen molar-refractivity contribution in [2.45, 2.75) is 58.5 Å². The summed E-state index contributed by atoms with van der Waals surface area (Å²) < 4.78 is 20.6. The molecule has 1 saturated heterocycles. The molecule has 0 radical (unpaired) electrons. The number of benzene rings is 1. The van der Waals surface area contributed by atoms with Crippen LogP contribution in [0.2, 0.25) is 0 Å². The van der Waals surface area contributed by atoms with E-state index in [1.165, 1.54) is 17.2 Å². The van der Waals surface area contributed by atoms with Crippen molar-refractivity contribution in [2.24, 2.45) is 10.4 Å². The minimum atomic E-state index is -1.12. The van der Waals surface area contributed by atoms with Gasteiger partial charge in [-0.3, -0.25) is 15.1 Å². The van der Waals surface area contributed by atoms with E-state index in [1.54, 1.807) is 37.9 Å². The second kappa shape index (κ2) is 9.04. The second-order valence-electron chi connectivity index (χ2n) is 9.62. The smallest absolute Gasteiger partial charge is 0.326 e. The van der Waals surface area contributed by atoms with Crippen LogP contribution < -0.4 is 10.2 Å². The molecule has 8 nitrogen and oxygen atoms in total. The molecule has 4 rings (SSSR count). The molecule has 0 aromatic heterocycles. The van der Waals surface area contributed by atoms with Gasteiger partial charge in [0.25, 0.3) is 5.91 Å². The number of carbonyl (C=O) groups excluding carboxylic acids is 1. The van der Waals surface area contributed by atoms with Crippen molar-refractivity contribution in [3.05, 3.63) is 40.3 Å². The van der Waals surface area contributed by atoms with Crippen LogP contribution in [0.25, 0.3) is 0 Å². The Kier molecular flexibility index (Phi) is 6.48. The van der Waals surface area contributed by atoms with Gasteiger partial charge >= 0.3 is 5.97 Å². The van der Waals surface area contributed by atoms with Gasteiger partial charge in [-0.05, 0) is 30.4 Å². The number of ether oxygens (including phenoxy) is 1. The number of fused-ring (bicyclic) bond motifs is 1. The van der Waals surface area contributed by atoms with Gasteiger partial charge in [0.15, 0.2) is 6.29 Å². The monoisotopic (exact) mass is 478 g/mol. The summed E-state index contributed by atoms with van der Waals surface area (Å²) in [6.45, 7) is 6.45. The number of halogens is 2. The molecule has 0 saturated carbocycles. The summed E-state index contributed by atoms with van der Waals surface area (Å²) in [6.07, 6.45) is 4.30. The zero-order valence-electron chi connectivity index (χ0n) is 18.8. The SMILES string of the molecule is CC(C)(C)C(C(=O)O)N1Cc2c(F)cc(N3C=C(Cl)C=NC3NC3CCOCC3)cc2C1=O. The molecule has 178 valence electrons. The Hall–Kier alpha value is -2.49. The lowest BCUT2D eigenvalue weighted by Crippen LogP contribution is -2.49. The van der Waals surface area contributed by atoms with Crippen molar-refractivity contribution >= 4 is 35.4 Å². The average Bonchev–Trinajstić information content (AvgIpc) is 3.05. The molecule has 2 unspecified atom stereocenters. The predicted octanol–water partition coefficient (Wildman–Crippen LogP) is 3.30. The fourth-order valence-electron chi connectivity index (χ4n) is 4.56. The molecule has 10 heteroatoms. The molecule has 1 fully saturated rings. The molecule has 1 aromatic rings. The first-order chi connectivity index (χ1) is 15.6. The molecule has 3 aliphatic heterocycles. The molecular weight excluding hydrogens is 451 g/mol. The summed E-state index contributed by atoms with van der Waals surface area (Å²) in [4.78, 5) is 32.5. The van der Waals surface area contributed by atoms with Crippen molar-refractivity contribution in [3.63, 3.8) is 0 Å². The number of hydrogen-bond donors (Lipinski definition) is 2. The van der Waals surface area contributed by atoms with Gasteiger partial charge in [-0.25, -0.2) is 9.18 Å². The van der Waals surface area contributed by atoms with E-state index in [-0.39, 0.29) is 23.7 Å². The van der Waals surface area contributed by atoms with E-state index in [0.29, 0.717) is 23.9 Å². The number of nitrogens with zero attached hydrogens (tertiary/aromatic N) is 3. The summed E-state index contributed by atoms with van der Waals surface area (Å²) in [7, 11) is 0. The van der Waals surface area contributed by atoms with Crippen molar-refractivity contribution in [3.8, 4) is 0 Å². The number of nitrogens with one attached hydrogen (secondary N) is 1. The Bertz CT molecular complexity index is 1020. The fourth-order valence-corrected chi connectivity index (χ4v) is 4.73. The standard InChI is InChI=1S/C23H28ClFN4O4/c1-23(2,3)19(21(31)32)29-12-17-16(20(29)30)8-15(9-18(17)25)28-11-13(24)10-26-22(28)27-14-4-6-33-7-5-14/h8-11,14,19,22,27H,4-7,12H2,1-3H3,(H,31,32). The molecule has 2 atom stereocenters. The first-order valence-electron chi connectivity index (χ1n) is 10.9. The summed E-state index contributed by atoms with van der Waals surface area (Å²) in [5, 5.41) is 13.6. The van der Waals surface area contributed by atoms with E-state index in [2.05, 4.69) is 10.3 Å². The average molecular weight is 479 g/mol. The van der Waals surface area contributed by atoms with Gasteiger partial charge in [0.05, 0.1) is 11.6 Å². The first kappa shape index (κ1) is 23.7.